The molecule has 2 aromatic carbocycles. The summed E-state index contributed by atoms with van der Waals surface area (Å²) in [6.07, 6.45) is 0.791. The van der Waals surface area contributed by atoms with E-state index in [9.17, 15) is 14.0 Å². The molecule has 1 amide bonds. The van der Waals surface area contributed by atoms with E-state index in [2.05, 4.69) is 5.32 Å². The molecule has 1 N–H and O–H groups in total. The Bertz CT molecular complexity index is 979. The molecule has 0 aliphatic rings. The Hall–Kier alpha value is -2.54. The molecular formula is C20H22FN3O2S. The van der Waals surface area contributed by atoms with Crippen molar-refractivity contribution in [2.24, 2.45) is 0 Å². The van der Waals surface area contributed by atoms with E-state index >= 15 is 0 Å². The van der Waals surface area contributed by atoms with Gasteiger partial charge in [0.2, 0.25) is 5.91 Å². The predicted octanol–water partition coefficient (Wildman–Crippen LogP) is 3.26. The first kappa shape index (κ1) is 19.2. The fraction of sp³-hybridized carbons (Fsp3) is 0.300. The highest BCUT2D eigenvalue weighted by atomic mass is 32.2. The van der Waals surface area contributed by atoms with Crippen molar-refractivity contribution in [3.63, 3.8) is 0 Å². The molecule has 1 heterocycles. The highest BCUT2D eigenvalue weighted by Crippen LogP contribution is 2.18. The van der Waals surface area contributed by atoms with Crippen molar-refractivity contribution in [1.29, 1.82) is 0 Å². The molecule has 142 valence electrons. The molecule has 0 saturated heterocycles. The van der Waals surface area contributed by atoms with Gasteiger partial charge in [-0.1, -0.05) is 12.1 Å². The van der Waals surface area contributed by atoms with Crippen LogP contribution < -0.4 is 11.0 Å². The number of benzene rings is 2. The molecule has 0 spiro atoms. The van der Waals surface area contributed by atoms with Crippen LogP contribution in [0.1, 0.15) is 13.3 Å². The Labute approximate surface area is 161 Å². The zero-order chi connectivity index (χ0) is 19.2. The first-order valence-corrected chi connectivity index (χ1v) is 9.92. The number of aromatic nitrogens is 2. The van der Waals surface area contributed by atoms with Crippen molar-refractivity contribution in [3.05, 3.63) is 64.8 Å². The van der Waals surface area contributed by atoms with Gasteiger partial charge in [0, 0.05) is 18.0 Å². The highest BCUT2D eigenvalue weighted by molar-refractivity contribution is 7.99. The van der Waals surface area contributed by atoms with Gasteiger partial charge in [-0.25, -0.2) is 9.18 Å². The van der Waals surface area contributed by atoms with Gasteiger partial charge in [0.05, 0.1) is 11.0 Å². The lowest BCUT2D eigenvalue weighted by atomic mass is 10.3. The minimum Gasteiger partial charge on any atom is -0.355 e. The van der Waals surface area contributed by atoms with Crippen molar-refractivity contribution in [2.75, 3.05) is 12.3 Å². The molecule has 0 aliphatic heterocycles. The average Bonchev–Trinajstić information content (AvgIpc) is 2.94. The number of nitrogens with zero attached hydrogens (tertiary/aromatic N) is 2. The summed E-state index contributed by atoms with van der Waals surface area (Å²) in [7, 11) is 0. The molecule has 3 rings (SSSR count). The number of hydrogen-bond donors (Lipinski definition) is 1. The standard InChI is InChI=1S/C20H22FN3O2S/c1-2-23-17-6-3-4-7-18(17)24(20(23)26)14-19(25)22-12-5-13-27-16-10-8-15(21)9-11-16/h3-4,6-11H,2,5,12-14H2,1H3,(H,22,25). The van der Waals surface area contributed by atoms with Gasteiger partial charge in [-0.05, 0) is 55.5 Å². The highest BCUT2D eigenvalue weighted by Gasteiger charge is 2.13. The molecule has 0 bridgehead atoms. The number of halogens is 1. The van der Waals surface area contributed by atoms with E-state index in [-0.39, 0.29) is 24.0 Å². The van der Waals surface area contributed by atoms with Crippen LogP contribution in [0.2, 0.25) is 0 Å². The van der Waals surface area contributed by atoms with Crippen molar-refractivity contribution in [1.82, 2.24) is 14.5 Å². The maximum atomic E-state index is 12.9. The zero-order valence-corrected chi connectivity index (χ0v) is 16.0. The number of aryl methyl sites for hydroxylation is 1. The van der Waals surface area contributed by atoms with E-state index in [1.807, 2.05) is 31.2 Å². The number of carbonyl (C=O) groups excluding carboxylic acids is 1. The number of nitrogens with one attached hydrogen (secondary N) is 1. The number of amides is 1. The number of rotatable bonds is 8. The van der Waals surface area contributed by atoms with Gasteiger partial charge in [0.15, 0.2) is 0 Å². The van der Waals surface area contributed by atoms with Crippen molar-refractivity contribution in [3.8, 4) is 0 Å². The van der Waals surface area contributed by atoms with Crippen LogP contribution >= 0.6 is 11.8 Å². The van der Waals surface area contributed by atoms with Crippen LogP contribution in [0.25, 0.3) is 11.0 Å². The fourth-order valence-corrected chi connectivity index (χ4v) is 3.80. The molecular weight excluding hydrogens is 365 g/mol. The van der Waals surface area contributed by atoms with Crippen LogP contribution in [-0.4, -0.2) is 27.3 Å². The molecule has 27 heavy (non-hydrogen) atoms. The van der Waals surface area contributed by atoms with Crippen molar-refractivity contribution in [2.45, 2.75) is 31.3 Å². The maximum Gasteiger partial charge on any atom is 0.329 e. The van der Waals surface area contributed by atoms with Crippen LogP contribution in [0.15, 0.2) is 58.2 Å². The van der Waals surface area contributed by atoms with Gasteiger partial charge in [-0.2, -0.15) is 0 Å². The van der Waals surface area contributed by atoms with Crippen LogP contribution in [0, 0.1) is 5.82 Å². The summed E-state index contributed by atoms with van der Waals surface area (Å²) in [5.74, 6) is 0.398. The van der Waals surface area contributed by atoms with Crippen LogP contribution in [0.5, 0.6) is 0 Å². The number of para-hydroxylation sites is 2. The van der Waals surface area contributed by atoms with Gasteiger partial charge < -0.3 is 5.32 Å². The average molecular weight is 387 g/mol. The smallest absolute Gasteiger partial charge is 0.329 e. The molecule has 0 unspecified atom stereocenters. The van der Waals surface area contributed by atoms with Gasteiger partial charge in [-0.15, -0.1) is 11.8 Å². The van der Waals surface area contributed by atoms with Crippen LogP contribution in [0.4, 0.5) is 4.39 Å². The number of imidazole rings is 1. The minimum atomic E-state index is -0.244. The topological polar surface area (TPSA) is 56.0 Å². The Morgan fingerprint density at radius 1 is 1.07 bits per heavy atom. The van der Waals surface area contributed by atoms with E-state index in [0.717, 1.165) is 28.1 Å². The van der Waals surface area contributed by atoms with Gasteiger partial charge in [-0.3, -0.25) is 13.9 Å². The van der Waals surface area contributed by atoms with E-state index in [1.165, 1.54) is 16.7 Å². The largest absolute Gasteiger partial charge is 0.355 e. The van der Waals surface area contributed by atoms with Gasteiger partial charge in [0.1, 0.15) is 12.4 Å². The molecule has 0 fully saturated rings. The summed E-state index contributed by atoms with van der Waals surface area (Å²) >= 11 is 1.62. The molecule has 1 aromatic heterocycles. The van der Waals surface area contributed by atoms with E-state index in [4.69, 9.17) is 0 Å². The molecule has 7 heteroatoms. The quantitative estimate of drug-likeness (QED) is 0.477. The number of hydrogen-bond acceptors (Lipinski definition) is 3. The monoisotopic (exact) mass is 387 g/mol. The first-order valence-electron chi connectivity index (χ1n) is 8.93. The summed E-state index contributed by atoms with van der Waals surface area (Å²) in [6.45, 7) is 3.03. The molecule has 0 aliphatic carbocycles. The van der Waals surface area contributed by atoms with Crippen LogP contribution in [0.3, 0.4) is 0 Å². The summed E-state index contributed by atoms with van der Waals surface area (Å²) in [5.41, 5.74) is 1.44. The SMILES string of the molecule is CCn1c(=O)n(CC(=O)NCCCSc2ccc(F)cc2)c2ccccc21. The lowest BCUT2D eigenvalue weighted by Gasteiger charge is -2.06. The molecule has 0 radical (unpaired) electrons. The van der Waals surface area contributed by atoms with Gasteiger partial charge in [0.25, 0.3) is 0 Å². The predicted molar refractivity (Wildman–Crippen MR) is 107 cm³/mol. The molecule has 0 atom stereocenters. The second-order valence-corrected chi connectivity index (χ2v) is 7.28. The summed E-state index contributed by atoms with van der Waals surface area (Å²) in [6, 6.07) is 13.9. The third-order valence-corrected chi connectivity index (χ3v) is 5.37. The Morgan fingerprint density at radius 3 is 2.41 bits per heavy atom. The Kier molecular flexibility index (Phi) is 6.34. The summed E-state index contributed by atoms with van der Waals surface area (Å²) in [5, 5.41) is 2.86. The third-order valence-electron chi connectivity index (χ3n) is 4.27. The van der Waals surface area contributed by atoms with Crippen molar-refractivity contribution >= 4 is 28.7 Å². The van der Waals surface area contributed by atoms with E-state index in [1.54, 1.807) is 28.5 Å². The lowest BCUT2D eigenvalue weighted by molar-refractivity contribution is -0.121. The number of fused-ring (bicyclic) bond motifs is 1. The fourth-order valence-electron chi connectivity index (χ4n) is 2.95. The zero-order valence-electron chi connectivity index (χ0n) is 15.2. The van der Waals surface area contributed by atoms with E-state index in [0.29, 0.717) is 13.1 Å². The molecule has 0 saturated carbocycles. The molecule has 3 aromatic rings. The van der Waals surface area contributed by atoms with E-state index < -0.39 is 0 Å². The normalized spacial score (nSPS) is 11.0. The Morgan fingerprint density at radius 2 is 1.74 bits per heavy atom. The van der Waals surface area contributed by atoms with Gasteiger partial charge >= 0.3 is 5.69 Å². The first-order chi connectivity index (χ1) is 13.1. The van der Waals surface area contributed by atoms with Crippen LogP contribution in [-0.2, 0) is 17.9 Å². The minimum absolute atomic E-state index is 0.0114. The number of carbonyl (C=O) groups is 1. The maximum absolute atomic E-state index is 12.9. The second-order valence-electron chi connectivity index (χ2n) is 6.11. The van der Waals surface area contributed by atoms with Crippen molar-refractivity contribution < 1.29 is 9.18 Å². The number of thioether (sulfide) groups is 1. The summed E-state index contributed by atoms with van der Waals surface area (Å²) in [4.78, 5) is 25.8. The Balaban J connectivity index is 1.51. The lowest BCUT2D eigenvalue weighted by Crippen LogP contribution is -2.33. The second kappa shape index (κ2) is 8.90. The molecule has 5 nitrogen and oxygen atoms in total. The third kappa shape index (κ3) is 4.60. The summed E-state index contributed by atoms with van der Waals surface area (Å²) < 4.78 is 16.0.